The predicted molar refractivity (Wildman–Crippen MR) is 86.7 cm³/mol. The van der Waals surface area contributed by atoms with Crippen molar-refractivity contribution in [1.82, 2.24) is 0 Å². The molecule has 1 aliphatic rings. The molecule has 2 nitrogen and oxygen atoms in total. The normalized spacial score (nSPS) is 23.0. The molecule has 1 aromatic carbocycles. The van der Waals surface area contributed by atoms with E-state index in [1.54, 1.807) is 0 Å². The van der Waals surface area contributed by atoms with Crippen molar-refractivity contribution in [2.75, 3.05) is 6.61 Å². The van der Waals surface area contributed by atoms with Gasteiger partial charge in [-0.25, -0.2) is 0 Å². The largest absolute Gasteiger partial charge is 0.370 e. The van der Waals surface area contributed by atoms with Crippen molar-refractivity contribution >= 4 is 5.78 Å². The minimum absolute atomic E-state index is 0.0928. The van der Waals surface area contributed by atoms with Crippen LogP contribution < -0.4 is 0 Å². The van der Waals surface area contributed by atoms with Gasteiger partial charge < -0.3 is 4.74 Å². The van der Waals surface area contributed by atoms with Gasteiger partial charge in [0.05, 0.1) is 6.61 Å². The highest BCUT2D eigenvalue weighted by Crippen LogP contribution is 2.25. The van der Waals surface area contributed by atoms with E-state index >= 15 is 0 Å². The summed E-state index contributed by atoms with van der Waals surface area (Å²) in [5.41, 5.74) is 2.93. The molecule has 0 N–H and O–H groups in total. The van der Waals surface area contributed by atoms with Gasteiger partial charge in [-0.2, -0.15) is 0 Å². The van der Waals surface area contributed by atoms with Gasteiger partial charge in [-0.15, -0.1) is 0 Å². The Morgan fingerprint density at radius 3 is 2.71 bits per heavy atom. The SMILES string of the molecule is Cc1ccc(C)c(C(=O)C(C)OCC2CC=CCC2C)c1. The Labute approximate surface area is 128 Å². The first-order valence-corrected chi connectivity index (χ1v) is 7.87. The molecule has 1 aromatic rings. The van der Waals surface area contributed by atoms with Gasteiger partial charge in [-0.05, 0) is 57.1 Å². The highest BCUT2D eigenvalue weighted by Gasteiger charge is 2.22. The van der Waals surface area contributed by atoms with E-state index < -0.39 is 0 Å². The number of ether oxygens (including phenoxy) is 1. The number of carbonyl (C=O) groups excluding carboxylic acids is 1. The fraction of sp³-hybridized carbons (Fsp3) is 0.526. The van der Waals surface area contributed by atoms with Crippen LogP contribution in [0.4, 0.5) is 0 Å². The lowest BCUT2D eigenvalue weighted by Crippen LogP contribution is -2.27. The van der Waals surface area contributed by atoms with Gasteiger partial charge in [0, 0.05) is 5.56 Å². The first-order valence-electron chi connectivity index (χ1n) is 7.87. The standard InChI is InChI=1S/C19H26O2/c1-13-9-10-15(3)18(11-13)19(20)16(4)21-12-17-8-6-5-7-14(17)2/h5-6,9-11,14,16-17H,7-8,12H2,1-4H3. The molecule has 3 atom stereocenters. The molecule has 0 amide bonds. The molecule has 1 aliphatic carbocycles. The van der Waals surface area contributed by atoms with Crippen LogP contribution in [-0.4, -0.2) is 18.5 Å². The molecule has 0 aliphatic heterocycles. The summed E-state index contributed by atoms with van der Waals surface area (Å²) in [6, 6.07) is 6.00. The molecular formula is C19H26O2. The number of Topliss-reactive ketones (excluding diaryl/α,β-unsaturated/α-hetero) is 1. The van der Waals surface area contributed by atoms with Crippen LogP contribution in [0.5, 0.6) is 0 Å². The third kappa shape index (κ3) is 4.04. The number of hydrogen-bond acceptors (Lipinski definition) is 2. The quantitative estimate of drug-likeness (QED) is 0.588. The Kier molecular flexibility index (Phi) is 5.35. The maximum Gasteiger partial charge on any atom is 0.191 e. The molecule has 114 valence electrons. The fourth-order valence-electron chi connectivity index (χ4n) is 2.80. The average Bonchev–Trinajstić information content (AvgIpc) is 2.48. The zero-order chi connectivity index (χ0) is 15.4. The molecule has 0 saturated carbocycles. The lowest BCUT2D eigenvalue weighted by molar-refractivity contribution is 0.0255. The smallest absolute Gasteiger partial charge is 0.191 e. The van der Waals surface area contributed by atoms with Gasteiger partial charge in [0.15, 0.2) is 5.78 Å². The van der Waals surface area contributed by atoms with E-state index in [1.807, 2.05) is 39.0 Å². The Morgan fingerprint density at radius 2 is 2.00 bits per heavy atom. The predicted octanol–water partition coefficient (Wildman–Crippen LogP) is 4.49. The minimum atomic E-state index is -0.372. The van der Waals surface area contributed by atoms with Crippen LogP contribution in [0.15, 0.2) is 30.4 Å². The summed E-state index contributed by atoms with van der Waals surface area (Å²) in [6.45, 7) is 8.79. The molecule has 0 spiro atoms. The van der Waals surface area contributed by atoms with Crippen LogP contribution in [-0.2, 0) is 4.74 Å². The average molecular weight is 286 g/mol. The zero-order valence-electron chi connectivity index (χ0n) is 13.6. The fourth-order valence-corrected chi connectivity index (χ4v) is 2.80. The van der Waals surface area contributed by atoms with Gasteiger partial charge in [0.25, 0.3) is 0 Å². The lowest BCUT2D eigenvalue weighted by atomic mass is 9.85. The second-order valence-corrected chi connectivity index (χ2v) is 6.34. The van der Waals surface area contributed by atoms with Crippen LogP contribution in [0.3, 0.4) is 0 Å². The molecule has 0 fully saturated rings. The van der Waals surface area contributed by atoms with Gasteiger partial charge in [-0.1, -0.05) is 36.8 Å². The molecule has 3 unspecified atom stereocenters. The summed E-state index contributed by atoms with van der Waals surface area (Å²) >= 11 is 0. The summed E-state index contributed by atoms with van der Waals surface area (Å²) in [6.07, 6.45) is 6.28. The Balaban J connectivity index is 1.96. The summed E-state index contributed by atoms with van der Waals surface area (Å²) in [5.74, 6) is 1.26. The van der Waals surface area contributed by atoms with Crippen LogP contribution in [0.25, 0.3) is 0 Å². The van der Waals surface area contributed by atoms with Gasteiger partial charge in [0.1, 0.15) is 6.10 Å². The van der Waals surface area contributed by atoms with E-state index in [9.17, 15) is 4.79 Å². The molecule has 21 heavy (non-hydrogen) atoms. The number of allylic oxidation sites excluding steroid dienone is 2. The summed E-state index contributed by atoms with van der Waals surface area (Å²) < 4.78 is 5.88. The number of aryl methyl sites for hydroxylation is 2. The first kappa shape index (κ1) is 16.0. The van der Waals surface area contributed by atoms with Crippen LogP contribution in [0.2, 0.25) is 0 Å². The molecule has 0 radical (unpaired) electrons. The number of carbonyl (C=O) groups is 1. The van der Waals surface area contributed by atoms with Crippen molar-refractivity contribution in [2.45, 2.75) is 46.6 Å². The third-order valence-electron chi connectivity index (χ3n) is 4.51. The highest BCUT2D eigenvalue weighted by atomic mass is 16.5. The van der Waals surface area contributed by atoms with Crippen molar-refractivity contribution in [3.63, 3.8) is 0 Å². The first-order chi connectivity index (χ1) is 9.99. The van der Waals surface area contributed by atoms with Crippen molar-refractivity contribution in [2.24, 2.45) is 11.8 Å². The maximum atomic E-state index is 12.5. The van der Waals surface area contributed by atoms with Gasteiger partial charge in [-0.3, -0.25) is 4.79 Å². The van der Waals surface area contributed by atoms with E-state index in [-0.39, 0.29) is 11.9 Å². The van der Waals surface area contributed by atoms with Crippen molar-refractivity contribution in [3.05, 3.63) is 47.0 Å². The number of benzene rings is 1. The highest BCUT2D eigenvalue weighted by molar-refractivity contribution is 6.00. The van der Waals surface area contributed by atoms with E-state index in [1.165, 1.54) is 0 Å². The second kappa shape index (κ2) is 7.04. The topological polar surface area (TPSA) is 26.3 Å². The monoisotopic (exact) mass is 286 g/mol. The van der Waals surface area contributed by atoms with Gasteiger partial charge >= 0.3 is 0 Å². The summed E-state index contributed by atoms with van der Waals surface area (Å²) in [4.78, 5) is 12.5. The summed E-state index contributed by atoms with van der Waals surface area (Å²) in [5, 5.41) is 0. The zero-order valence-corrected chi connectivity index (χ0v) is 13.6. The molecule has 0 saturated heterocycles. The Hall–Kier alpha value is -1.41. The van der Waals surface area contributed by atoms with Crippen molar-refractivity contribution < 1.29 is 9.53 Å². The molecule has 0 bridgehead atoms. The Morgan fingerprint density at radius 1 is 1.29 bits per heavy atom. The number of hydrogen-bond donors (Lipinski definition) is 0. The number of ketones is 1. The molecule has 0 heterocycles. The molecule has 2 rings (SSSR count). The van der Waals surface area contributed by atoms with Crippen LogP contribution in [0, 0.1) is 25.7 Å². The summed E-state index contributed by atoms with van der Waals surface area (Å²) in [7, 11) is 0. The van der Waals surface area contributed by atoms with Crippen LogP contribution >= 0.6 is 0 Å². The third-order valence-corrected chi connectivity index (χ3v) is 4.51. The molecular weight excluding hydrogens is 260 g/mol. The van der Waals surface area contributed by atoms with Crippen LogP contribution in [0.1, 0.15) is 48.2 Å². The maximum absolute atomic E-state index is 12.5. The van der Waals surface area contributed by atoms with E-state index in [2.05, 4.69) is 19.1 Å². The minimum Gasteiger partial charge on any atom is -0.370 e. The Bertz CT molecular complexity index is 530. The van der Waals surface area contributed by atoms with Gasteiger partial charge in [0.2, 0.25) is 0 Å². The van der Waals surface area contributed by atoms with Crippen molar-refractivity contribution in [1.29, 1.82) is 0 Å². The number of rotatable bonds is 5. The second-order valence-electron chi connectivity index (χ2n) is 6.34. The van der Waals surface area contributed by atoms with E-state index in [0.29, 0.717) is 18.4 Å². The van der Waals surface area contributed by atoms with E-state index in [4.69, 9.17) is 4.74 Å². The van der Waals surface area contributed by atoms with Crippen molar-refractivity contribution in [3.8, 4) is 0 Å². The lowest BCUT2D eigenvalue weighted by Gasteiger charge is -2.26. The molecule has 0 aromatic heterocycles. The van der Waals surface area contributed by atoms with E-state index in [0.717, 1.165) is 29.5 Å². The molecule has 2 heteroatoms.